The zero-order valence-corrected chi connectivity index (χ0v) is 11.2. The van der Waals surface area contributed by atoms with E-state index in [0.717, 1.165) is 32.2 Å². The maximum absolute atomic E-state index is 12.4. The van der Waals surface area contributed by atoms with Crippen LogP contribution in [0.15, 0.2) is 0 Å². The van der Waals surface area contributed by atoms with Gasteiger partial charge in [-0.3, -0.25) is 4.79 Å². The maximum Gasteiger partial charge on any atom is 0.252 e. The second-order valence-electron chi connectivity index (χ2n) is 5.61. The Bertz CT molecular complexity index is 298. The number of amides is 1. The van der Waals surface area contributed by atoms with Crippen LogP contribution in [0.2, 0.25) is 0 Å². The molecule has 5 nitrogen and oxygen atoms in total. The van der Waals surface area contributed by atoms with Crippen LogP contribution in [0.3, 0.4) is 0 Å². The van der Waals surface area contributed by atoms with Gasteiger partial charge in [0.15, 0.2) is 0 Å². The second-order valence-corrected chi connectivity index (χ2v) is 5.61. The Hall–Kier alpha value is -0.650. The fourth-order valence-electron chi connectivity index (χ4n) is 3.01. The van der Waals surface area contributed by atoms with Crippen LogP contribution in [-0.2, 0) is 9.53 Å². The summed E-state index contributed by atoms with van der Waals surface area (Å²) in [4.78, 5) is 14.4. The van der Waals surface area contributed by atoms with Gasteiger partial charge in [0.25, 0.3) is 5.91 Å². The summed E-state index contributed by atoms with van der Waals surface area (Å²) in [7, 11) is 0. The van der Waals surface area contributed by atoms with E-state index in [-0.39, 0.29) is 24.2 Å². The molecule has 0 bridgehead atoms. The lowest BCUT2D eigenvalue weighted by atomic mass is 9.92. The van der Waals surface area contributed by atoms with Crippen molar-refractivity contribution in [2.75, 3.05) is 19.6 Å². The summed E-state index contributed by atoms with van der Waals surface area (Å²) in [6.07, 6.45) is 3.53. The summed E-state index contributed by atoms with van der Waals surface area (Å²) in [5.41, 5.74) is 11.4. The maximum atomic E-state index is 12.4. The van der Waals surface area contributed by atoms with Gasteiger partial charge in [-0.25, -0.2) is 0 Å². The van der Waals surface area contributed by atoms with E-state index in [1.54, 1.807) is 0 Å². The van der Waals surface area contributed by atoms with E-state index < -0.39 is 0 Å². The van der Waals surface area contributed by atoms with Crippen LogP contribution in [0.1, 0.15) is 32.6 Å². The van der Waals surface area contributed by atoms with E-state index in [1.807, 2.05) is 4.90 Å². The minimum Gasteiger partial charge on any atom is -0.364 e. The lowest BCUT2D eigenvalue weighted by Crippen LogP contribution is -2.52. The Morgan fingerprint density at radius 1 is 1.28 bits per heavy atom. The average molecular weight is 255 g/mol. The molecule has 2 rings (SSSR count). The highest BCUT2D eigenvalue weighted by Crippen LogP contribution is 2.26. The van der Waals surface area contributed by atoms with Crippen LogP contribution in [-0.4, -0.2) is 48.7 Å². The molecule has 2 aliphatic rings. The molecule has 18 heavy (non-hydrogen) atoms. The van der Waals surface area contributed by atoms with Crippen molar-refractivity contribution in [3.8, 4) is 0 Å². The number of ether oxygens (including phenoxy) is 1. The van der Waals surface area contributed by atoms with Crippen LogP contribution in [0.25, 0.3) is 0 Å². The molecule has 0 aliphatic carbocycles. The van der Waals surface area contributed by atoms with Crippen molar-refractivity contribution in [2.24, 2.45) is 17.4 Å². The van der Waals surface area contributed by atoms with Gasteiger partial charge < -0.3 is 21.1 Å². The molecule has 0 spiro atoms. The molecule has 2 unspecified atom stereocenters. The van der Waals surface area contributed by atoms with Gasteiger partial charge in [-0.15, -0.1) is 0 Å². The second kappa shape index (κ2) is 5.99. The number of hydrogen-bond donors (Lipinski definition) is 2. The highest BCUT2D eigenvalue weighted by molar-refractivity contribution is 5.81. The van der Waals surface area contributed by atoms with Gasteiger partial charge in [0.1, 0.15) is 6.10 Å². The van der Waals surface area contributed by atoms with E-state index in [9.17, 15) is 4.79 Å². The third-order valence-corrected chi connectivity index (χ3v) is 4.18. The SMILES string of the molecule is CC1CCN(C(=O)[C@@H]2CC[C@H](CN)O2)C(CN)C1. The average Bonchev–Trinajstić information content (AvgIpc) is 2.86. The van der Waals surface area contributed by atoms with Crippen molar-refractivity contribution in [2.45, 2.75) is 50.9 Å². The number of nitrogens with zero attached hydrogens (tertiary/aromatic N) is 1. The standard InChI is InChI=1S/C13H25N3O2/c1-9-4-5-16(10(6-9)7-14)13(17)12-3-2-11(8-15)18-12/h9-12H,2-8,14-15H2,1H3/t9?,10?,11-,12+/m1/s1. The monoisotopic (exact) mass is 255 g/mol. The Kier molecular flexibility index (Phi) is 4.59. The van der Waals surface area contributed by atoms with E-state index in [2.05, 4.69) is 6.92 Å². The third kappa shape index (κ3) is 2.84. The first kappa shape index (κ1) is 13.8. The topological polar surface area (TPSA) is 81.6 Å². The number of likely N-dealkylation sites (tertiary alicyclic amines) is 1. The fraction of sp³-hybridized carbons (Fsp3) is 0.923. The van der Waals surface area contributed by atoms with E-state index in [0.29, 0.717) is 19.0 Å². The van der Waals surface area contributed by atoms with Crippen LogP contribution in [0.5, 0.6) is 0 Å². The Balaban J connectivity index is 1.95. The Labute approximate surface area is 109 Å². The van der Waals surface area contributed by atoms with Crippen molar-refractivity contribution >= 4 is 5.91 Å². The van der Waals surface area contributed by atoms with E-state index in [4.69, 9.17) is 16.2 Å². The van der Waals surface area contributed by atoms with Gasteiger partial charge in [0.2, 0.25) is 0 Å². The third-order valence-electron chi connectivity index (χ3n) is 4.18. The fourth-order valence-corrected chi connectivity index (χ4v) is 3.01. The molecule has 0 saturated carbocycles. The van der Waals surface area contributed by atoms with Gasteiger partial charge in [-0.05, 0) is 31.6 Å². The number of hydrogen-bond acceptors (Lipinski definition) is 4. The minimum atomic E-state index is -0.291. The predicted octanol–water partition coefficient (Wildman–Crippen LogP) is 0.0785. The summed E-state index contributed by atoms with van der Waals surface area (Å²) < 4.78 is 5.69. The highest BCUT2D eigenvalue weighted by Gasteiger charge is 2.37. The number of piperidine rings is 1. The van der Waals surface area contributed by atoms with Gasteiger partial charge >= 0.3 is 0 Å². The first-order valence-electron chi connectivity index (χ1n) is 7.01. The van der Waals surface area contributed by atoms with Crippen LogP contribution < -0.4 is 11.5 Å². The smallest absolute Gasteiger partial charge is 0.252 e. The molecule has 4 atom stereocenters. The first-order valence-corrected chi connectivity index (χ1v) is 7.01. The van der Waals surface area contributed by atoms with Crippen molar-refractivity contribution < 1.29 is 9.53 Å². The zero-order valence-electron chi connectivity index (χ0n) is 11.2. The van der Waals surface area contributed by atoms with Gasteiger partial charge in [0.05, 0.1) is 6.10 Å². The molecular formula is C13H25N3O2. The lowest BCUT2D eigenvalue weighted by Gasteiger charge is -2.39. The Morgan fingerprint density at radius 2 is 2.06 bits per heavy atom. The summed E-state index contributed by atoms with van der Waals surface area (Å²) in [5, 5.41) is 0. The number of nitrogens with two attached hydrogens (primary N) is 2. The normalized spacial score (nSPS) is 36.9. The molecule has 1 amide bonds. The van der Waals surface area contributed by atoms with Crippen molar-refractivity contribution in [1.29, 1.82) is 0 Å². The predicted molar refractivity (Wildman–Crippen MR) is 69.9 cm³/mol. The Morgan fingerprint density at radius 3 is 2.67 bits per heavy atom. The zero-order chi connectivity index (χ0) is 13.1. The number of carbonyl (C=O) groups is 1. The molecule has 2 fully saturated rings. The van der Waals surface area contributed by atoms with E-state index in [1.165, 1.54) is 0 Å². The molecule has 4 N–H and O–H groups in total. The minimum absolute atomic E-state index is 0.0546. The van der Waals surface area contributed by atoms with Crippen LogP contribution >= 0.6 is 0 Å². The summed E-state index contributed by atoms with van der Waals surface area (Å²) in [6, 6.07) is 0.182. The van der Waals surface area contributed by atoms with Crippen LogP contribution in [0.4, 0.5) is 0 Å². The van der Waals surface area contributed by atoms with Crippen molar-refractivity contribution in [3.63, 3.8) is 0 Å². The summed E-state index contributed by atoms with van der Waals surface area (Å²) >= 11 is 0. The molecule has 5 heteroatoms. The van der Waals surface area contributed by atoms with E-state index >= 15 is 0 Å². The largest absolute Gasteiger partial charge is 0.364 e. The number of carbonyl (C=O) groups excluding carboxylic acids is 1. The quantitative estimate of drug-likeness (QED) is 0.748. The van der Waals surface area contributed by atoms with Gasteiger partial charge in [-0.1, -0.05) is 6.92 Å². The summed E-state index contributed by atoms with van der Waals surface area (Å²) in [5.74, 6) is 0.775. The molecule has 2 aliphatic heterocycles. The molecule has 0 aromatic heterocycles. The lowest BCUT2D eigenvalue weighted by molar-refractivity contribution is -0.147. The van der Waals surface area contributed by atoms with Gasteiger partial charge in [0, 0.05) is 25.7 Å². The molecule has 2 saturated heterocycles. The molecule has 104 valence electrons. The molecular weight excluding hydrogens is 230 g/mol. The molecule has 0 aromatic rings. The molecule has 0 aromatic carbocycles. The molecule has 2 heterocycles. The first-order chi connectivity index (χ1) is 8.65. The van der Waals surface area contributed by atoms with Crippen molar-refractivity contribution in [1.82, 2.24) is 4.90 Å². The van der Waals surface area contributed by atoms with Gasteiger partial charge in [-0.2, -0.15) is 0 Å². The molecule has 0 radical (unpaired) electrons. The number of rotatable bonds is 3. The summed E-state index contributed by atoms with van der Waals surface area (Å²) in [6.45, 7) is 4.08. The van der Waals surface area contributed by atoms with Crippen LogP contribution in [0, 0.1) is 5.92 Å². The van der Waals surface area contributed by atoms with Crippen molar-refractivity contribution in [3.05, 3.63) is 0 Å². The highest BCUT2D eigenvalue weighted by atomic mass is 16.5.